The summed E-state index contributed by atoms with van der Waals surface area (Å²) in [7, 11) is 0. The molecule has 1 aromatic heterocycles. The zero-order valence-electron chi connectivity index (χ0n) is 10.6. The number of carbonyl (C=O) groups excluding carboxylic acids is 1. The zero-order chi connectivity index (χ0) is 16.4. The lowest BCUT2D eigenvalue weighted by Gasteiger charge is -2.08. The van der Waals surface area contributed by atoms with Crippen LogP contribution in [0.3, 0.4) is 0 Å². The molecular formula is C12H7ClF5N3O. The highest BCUT2D eigenvalue weighted by Gasteiger charge is 2.25. The highest BCUT2D eigenvalue weighted by Crippen LogP contribution is 2.23. The number of hydrogen-bond donors (Lipinski definition) is 1. The van der Waals surface area contributed by atoms with Crippen LogP contribution in [0.2, 0.25) is 0 Å². The Kier molecular flexibility index (Phi) is 4.65. The van der Waals surface area contributed by atoms with Crippen molar-refractivity contribution in [3.05, 3.63) is 46.9 Å². The van der Waals surface area contributed by atoms with Crippen LogP contribution >= 0.6 is 11.6 Å². The molecule has 22 heavy (non-hydrogen) atoms. The van der Waals surface area contributed by atoms with Crippen LogP contribution < -0.4 is 5.32 Å². The molecule has 0 atom stereocenters. The molecule has 0 unspecified atom stereocenters. The molecule has 0 aliphatic heterocycles. The fraction of sp³-hybridized carbons (Fsp3) is 0.167. The van der Waals surface area contributed by atoms with Gasteiger partial charge >= 0.3 is 0 Å². The minimum absolute atomic E-state index is 0.0227. The molecule has 0 fully saturated rings. The van der Waals surface area contributed by atoms with Crippen molar-refractivity contribution in [2.75, 3.05) is 11.2 Å². The SMILES string of the molecule is O=C(CCl)Nc1ccn(Cc2c(F)c(F)c(F)c(F)c2F)n1. The second-order valence-corrected chi connectivity index (χ2v) is 4.40. The Morgan fingerprint density at radius 2 is 1.64 bits per heavy atom. The standard InChI is InChI=1S/C12H7ClF5N3O/c13-3-7(22)19-6-1-2-21(20-6)4-5-8(14)10(16)12(18)11(17)9(5)15/h1-2H,3-4H2,(H,19,20,22). The van der Waals surface area contributed by atoms with E-state index in [1.807, 2.05) is 0 Å². The quantitative estimate of drug-likeness (QED) is 0.403. The van der Waals surface area contributed by atoms with Gasteiger partial charge in [0.05, 0.1) is 12.1 Å². The number of aromatic nitrogens is 2. The van der Waals surface area contributed by atoms with E-state index >= 15 is 0 Å². The van der Waals surface area contributed by atoms with Crippen LogP contribution in [0.4, 0.5) is 27.8 Å². The number of amides is 1. The van der Waals surface area contributed by atoms with Gasteiger partial charge in [-0.1, -0.05) is 0 Å². The molecule has 1 amide bonds. The number of benzene rings is 1. The molecule has 1 aromatic carbocycles. The average molecular weight is 340 g/mol. The molecule has 2 aromatic rings. The molecule has 0 aliphatic carbocycles. The molecule has 118 valence electrons. The first-order valence-corrected chi connectivity index (χ1v) is 6.28. The maximum Gasteiger partial charge on any atom is 0.240 e. The number of anilines is 1. The summed E-state index contributed by atoms with van der Waals surface area (Å²) in [5.41, 5.74) is -1.03. The monoisotopic (exact) mass is 339 g/mol. The van der Waals surface area contributed by atoms with Crippen LogP contribution in [0.25, 0.3) is 0 Å². The van der Waals surface area contributed by atoms with Crippen LogP contribution in [0.15, 0.2) is 12.3 Å². The third-order valence-corrected chi connectivity index (χ3v) is 2.89. The lowest BCUT2D eigenvalue weighted by molar-refractivity contribution is -0.113. The molecular weight excluding hydrogens is 333 g/mol. The highest BCUT2D eigenvalue weighted by atomic mass is 35.5. The fourth-order valence-corrected chi connectivity index (χ4v) is 1.71. The van der Waals surface area contributed by atoms with E-state index in [4.69, 9.17) is 11.6 Å². The minimum atomic E-state index is -2.23. The smallest absolute Gasteiger partial charge is 0.240 e. The first kappa shape index (κ1) is 16.2. The average Bonchev–Trinajstić information content (AvgIpc) is 2.94. The lowest BCUT2D eigenvalue weighted by Crippen LogP contribution is -2.14. The van der Waals surface area contributed by atoms with Crippen LogP contribution in [-0.2, 0) is 11.3 Å². The second kappa shape index (κ2) is 6.30. The Bertz CT molecular complexity index is 705. The first-order valence-electron chi connectivity index (χ1n) is 5.74. The Morgan fingerprint density at radius 3 is 2.18 bits per heavy atom. The van der Waals surface area contributed by atoms with E-state index < -0.39 is 47.1 Å². The summed E-state index contributed by atoms with van der Waals surface area (Å²) in [5, 5.41) is 5.97. The molecule has 1 heterocycles. The van der Waals surface area contributed by atoms with Gasteiger partial charge in [0.1, 0.15) is 5.88 Å². The van der Waals surface area contributed by atoms with Crippen molar-refractivity contribution in [1.82, 2.24) is 9.78 Å². The molecule has 0 saturated heterocycles. The molecule has 10 heteroatoms. The van der Waals surface area contributed by atoms with Gasteiger partial charge in [0, 0.05) is 12.3 Å². The van der Waals surface area contributed by atoms with Crippen LogP contribution in [0, 0.1) is 29.1 Å². The second-order valence-electron chi connectivity index (χ2n) is 4.13. The topological polar surface area (TPSA) is 46.9 Å². The number of nitrogens with zero attached hydrogens (tertiary/aromatic N) is 2. The number of halogens is 6. The van der Waals surface area contributed by atoms with E-state index in [2.05, 4.69) is 10.4 Å². The van der Waals surface area contributed by atoms with E-state index in [9.17, 15) is 26.7 Å². The maximum atomic E-state index is 13.5. The normalized spacial score (nSPS) is 10.8. The van der Waals surface area contributed by atoms with Crippen molar-refractivity contribution >= 4 is 23.3 Å². The Labute approximate surface area is 125 Å². The van der Waals surface area contributed by atoms with Gasteiger partial charge in [0.2, 0.25) is 11.7 Å². The zero-order valence-corrected chi connectivity index (χ0v) is 11.4. The van der Waals surface area contributed by atoms with Gasteiger partial charge in [-0.3, -0.25) is 9.48 Å². The Morgan fingerprint density at radius 1 is 1.09 bits per heavy atom. The van der Waals surface area contributed by atoms with E-state index in [1.165, 1.54) is 12.3 Å². The number of hydrogen-bond acceptors (Lipinski definition) is 2. The molecule has 1 N–H and O–H groups in total. The third kappa shape index (κ3) is 3.03. The van der Waals surface area contributed by atoms with Crippen molar-refractivity contribution in [3.63, 3.8) is 0 Å². The van der Waals surface area contributed by atoms with Crippen LogP contribution in [0.5, 0.6) is 0 Å². The predicted octanol–water partition coefficient (Wildman–Crippen LogP) is 2.80. The fourth-order valence-electron chi connectivity index (χ4n) is 1.64. The maximum absolute atomic E-state index is 13.5. The van der Waals surface area contributed by atoms with E-state index in [0.29, 0.717) is 0 Å². The van der Waals surface area contributed by atoms with Gasteiger partial charge in [0.15, 0.2) is 29.1 Å². The van der Waals surface area contributed by atoms with Gasteiger partial charge in [0.25, 0.3) is 0 Å². The first-order chi connectivity index (χ1) is 10.3. The molecule has 2 rings (SSSR count). The van der Waals surface area contributed by atoms with Crippen molar-refractivity contribution < 1.29 is 26.7 Å². The van der Waals surface area contributed by atoms with Gasteiger partial charge < -0.3 is 5.32 Å². The number of nitrogens with one attached hydrogen (secondary N) is 1. The molecule has 0 bridgehead atoms. The summed E-state index contributed by atoms with van der Waals surface area (Å²) in [5.74, 6) is -11.0. The van der Waals surface area contributed by atoms with E-state index in [1.54, 1.807) is 0 Å². The molecule has 0 saturated carbocycles. The molecule has 0 aliphatic rings. The van der Waals surface area contributed by atoms with Crippen LogP contribution in [0.1, 0.15) is 5.56 Å². The predicted molar refractivity (Wildman–Crippen MR) is 66.9 cm³/mol. The number of carbonyl (C=O) groups is 1. The minimum Gasteiger partial charge on any atom is -0.308 e. The van der Waals surface area contributed by atoms with Crippen LogP contribution in [-0.4, -0.2) is 21.6 Å². The summed E-state index contributed by atoms with van der Waals surface area (Å²) >= 11 is 5.27. The van der Waals surface area contributed by atoms with Gasteiger partial charge in [-0.05, 0) is 0 Å². The van der Waals surface area contributed by atoms with E-state index in [0.717, 1.165) is 4.68 Å². The summed E-state index contributed by atoms with van der Waals surface area (Å²) < 4.78 is 67.0. The third-order valence-electron chi connectivity index (χ3n) is 2.65. The Balaban J connectivity index is 2.30. The largest absolute Gasteiger partial charge is 0.308 e. The van der Waals surface area contributed by atoms with Crippen molar-refractivity contribution in [1.29, 1.82) is 0 Å². The van der Waals surface area contributed by atoms with Crippen molar-refractivity contribution in [3.8, 4) is 0 Å². The highest BCUT2D eigenvalue weighted by molar-refractivity contribution is 6.28. The number of alkyl halides is 1. The summed E-state index contributed by atoms with van der Waals surface area (Å²) in [6.07, 6.45) is 1.20. The van der Waals surface area contributed by atoms with Gasteiger partial charge in [-0.15, -0.1) is 11.6 Å². The summed E-state index contributed by atoms with van der Waals surface area (Å²) in [4.78, 5) is 11.0. The van der Waals surface area contributed by atoms with E-state index in [-0.39, 0.29) is 11.7 Å². The van der Waals surface area contributed by atoms with Gasteiger partial charge in [-0.25, -0.2) is 22.0 Å². The molecule has 0 radical (unpaired) electrons. The number of rotatable bonds is 4. The summed E-state index contributed by atoms with van der Waals surface area (Å²) in [6.45, 7) is -0.706. The molecule has 4 nitrogen and oxygen atoms in total. The van der Waals surface area contributed by atoms with Gasteiger partial charge in [-0.2, -0.15) is 5.10 Å². The van der Waals surface area contributed by atoms with Crippen molar-refractivity contribution in [2.45, 2.75) is 6.54 Å². The lowest BCUT2D eigenvalue weighted by atomic mass is 10.1. The Hall–Kier alpha value is -2.16. The summed E-state index contributed by atoms with van der Waals surface area (Å²) in [6, 6.07) is 1.27. The molecule has 0 spiro atoms. The van der Waals surface area contributed by atoms with Crippen molar-refractivity contribution in [2.24, 2.45) is 0 Å².